The van der Waals surface area contributed by atoms with Crippen molar-refractivity contribution in [2.45, 2.75) is 45.2 Å². The number of aliphatic hydroxyl groups is 1. The topological polar surface area (TPSA) is 71.3 Å². The monoisotopic (exact) mass is 274 g/mol. The normalized spacial score (nSPS) is 12.6. The number of hydrogen-bond acceptors (Lipinski definition) is 3. The third-order valence-corrected chi connectivity index (χ3v) is 4.01. The molecule has 0 bridgehead atoms. The van der Waals surface area contributed by atoms with Gasteiger partial charge in [0.05, 0.1) is 11.5 Å². The van der Waals surface area contributed by atoms with Gasteiger partial charge in [-0.1, -0.05) is 13.8 Å². The highest BCUT2D eigenvalue weighted by atomic mass is 32.2. The minimum Gasteiger partial charge on any atom is -0.390 e. The molecular formula is C12H22N2O3S. The van der Waals surface area contributed by atoms with Crippen LogP contribution >= 0.6 is 0 Å². The summed E-state index contributed by atoms with van der Waals surface area (Å²) in [7, 11) is -3.48. The van der Waals surface area contributed by atoms with Crippen LogP contribution < -0.4 is 4.72 Å². The van der Waals surface area contributed by atoms with E-state index in [0.29, 0.717) is 12.2 Å². The SMILES string of the molecule is CC(C)CNS(=O)(=O)c1cc(CO)n(C(C)C)c1. The number of nitrogens with one attached hydrogen (secondary N) is 1. The van der Waals surface area contributed by atoms with Gasteiger partial charge in [0.25, 0.3) is 0 Å². The molecule has 0 fully saturated rings. The molecule has 0 aliphatic heterocycles. The van der Waals surface area contributed by atoms with Gasteiger partial charge in [0.1, 0.15) is 0 Å². The minimum atomic E-state index is -3.48. The van der Waals surface area contributed by atoms with Crippen LogP contribution in [-0.2, 0) is 16.6 Å². The number of sulfonamides is 1. The third kappa shape index (κ3) is 3.57. The summed E-state index contributed by atoms with van der Waals surface area (Å²) in [6, 6.07) is 1.63. The summed E-state index contributed by atoms with van der Waals surface area (Å²) in [4.78, 5) is 0.209. The van der Waals surface area contributed by atoms with E-state index in [2.05, 4.69) is 4.72 Å². The van der Waals surface area contributed by atoms with Gasteiger partial charge < -0.3 is 9.67 Å². The first kappa shape index (κ1) is 15.2. The van der Waals surface area contributed by atoms with E-state index in [4.69, 9.17) is 0 Å². The van der Waals surface area contributed by atoms with Crippen molar-refractivity contribution in [1.29, 1.82) is 0 Å². The van der Waals surface area contributed by atoms with Crippen molar-refractivity contribution in [3.63, 3.8) is 0 Å². The van der Waals surface area contributed by atoms with E-state index in [-0.39, 0.29) is 23.5 Å². The Morgan fingerprint density at radius 3 is 2.33 bits per heavy atom. The first-order chi connectivity index (χ1) is 8.27. The summed E-state index contributed by atoms with van der Waals surface area (Å²) < 4.78 is 28.4. The fourth-order valence-corrected chi connectivity index (χ4v) is 2.87. The van der Waals surface area contributed by atoms with Crippen molar-refractivity contribution in [3.05, 3.63) is 18.0 Å². The highest BCUT2D eigenvalue weighted by Crippen LogP contribution is 2.18. The Morgan fingerprint density at radius 1 is 1.33 bits per heavy atom. The Bertz CT molecular complexity index is 489. The molecule has 0 aliphatic rings. The van der Waals surface area contributed by atoms with Crippen molar-refractivity contribution >= 4 is 10.0 Å². The molecule has 5 nitrogen and oxygen atoms in total. The van der Waals surface area contributed by atoms with E-state index in [1.807, 2.05) is 27.7 Å². The average molecular weight is 274 g/mol. The first-order valence-electron chi connectivity index (χ1n) is 6.09. The van der Waals surface area contributed by atoms with Gasteiger partial charge in [-0.3, -0.25) is 0 Å². The molecule has 18 heavy (non-hydrogen) atoms. The van der Waals surface area contributed by atoms with Crippen molar-refractivity contribution in [3.8, 4) is 0 Å². The van der Waals surface area contributed by atoms with Crippen LogP contribution in [0.4, 0.5) is 0 Å². The molecule has 0 spiro atoms. The lowest BCUT2D eigenvalue weighted by Gasteiger charge is -2.10. The van der Waals surface area contributed by atoms with Gasteiger partial charge in [0, 0.05) is 24.5 Å². The van der Waals surface area contributed by atoms with Gasteiger partial charge in [-0.15, -0.1) is 0 Å². The number of hydrogen-bond donors (Lipinski definition) is 2. The predicted octanol–water partition coefficient (Wildman–Crippen LogP) is 1.50. The molecular weight excluding hydrogens is 252 g/mol. The number of aliphatic hydroxyl groups excluding tert-OH is 1. The molecule has 6 heteroatoms. The van der Waals surface area contributed by atoms with Crippen LogP contribution in [0.15, 0.2) is 17.2 Å². The van der Waals surface area contributed by atoms with E-state index in [1.165, 1.54) is 6.07 Å². The van der Waals surface area contributed by atoms with Crippen molar-refractivity contribution in [1.82, 2.24) is 9.29 Å². The van der Waals surface area contributed by atoms with Crippen LogP contribution in [0.1, 0.15) is 39.4 Å². The Kier molecular flexibility index (Phi) is 4.95. The molecule has 0 unspecified atom stereocenters. The maximum atomic E-state index is 12.0. The molecule has 0 amide bonds. The molecule has 1 aromatic rings. The van der Waals surface area contributed by atoms with Gasteiger partial charge in [-0.05, 0) is 25.8 Å². The second-order valence-corrected chi connectivity index (χ2v) is 6.84. The van der Waals surface area contributed by atoms with Gasteiger partial charge in [0.2, 0.25) is 10.0 Å². The highest BCUT2D eigenvalue weighted by molar-refractivity contribution is 7.89. The Morgan fingerprint density at radius 2 is 1.94 bits per heavy atom. The Hall–Kier alpha value is -0.850. The van der Waals surface area contributed by atoms with E-state index < -0.39 is 10.0 Å². The lowest BCUT2D eigenvalue weighted by molar-refractivity contribution is 0.268. The first-order valence-corrected chi connectivity index (χ1v) is 7.57. The average Bonchev–Trinajstić information content (AvgIpc) is 2.71. The lowest BCUT2D eigenvalue weighted by Crippen LogP contribution is -2.27. The molecule has 0 atom stereocenters. The molecule has 1 rings (SSSR count). The largest absolute Gasteiger partial charge is 0.390 e. The molecule has 0 radical (unpaired) electrons. The zero-order valence-corrected chi connectivity index (χ0v) is 12.2. The maximum Gasteiger partial charge on any atom is 0.242 e. The second-order valence-electron chi connectivity index (χ2n) is 5.07. The van der Waals surface area contributed by atoms with E-state index >= 15 is 0 Å². The molecule has 104 valence electrons. The Balaban J connectivity index is 3.02. The Labute approximate surface area is 109 Å². The van der Waals surface area contributed by atoms with Crippen LogP contribution in [0.3, 0.4) is 0 Å². The summed E-state index contributed by atoms with van der Waals surface area (Å²) in [5.41, 5.74) is 0.606. The van der Waals surface area contributed by atoms with Gasteiger partial charge in [0.15, 0.2) is 0 Å². The molecule has 2 N–H and O–H groups in total. The summed E-state index contributed by atoms with van der Waals surface area (Å²) in [5.74, 6) is 0.254. The molecule has 0 aromatic carbocycles. The fourth-order valence-electron chi connectivity index (χ4n) is 1.61. The van der Waals surface area contributed by atoms with Crippen LogP contribution in [-0.4, -0.2) is 24.6 Å². The molecule has 1 heterocycles. The van der Waals surface area contributed by atoms with Crippen molar-refractivity contribution < 1.29 is 13.5 Å². The van der Waals surface area contributed by atoms with E-state index in [9.17, 15) is 13.5 Å². The molecule has 0 saturated carbocycles. The highest BCUT2D eigenvalue weighted by Gasteiger charge is 2.19. The van der Waals surface area contributed by atoms with Gasteiger partial charge in [-0.2, -0.15) is 0 Å². The number of nitrogens with zero attached hydrogens (tertiary/aromatic N) is 1. The molecule has 0 aliphatic carbocycles. The summed E-state index contributed by atoms with van der Waals surface area (Å²) in [5, 5.41) is 9.23. The smallest absolute Gasteiger partial charge is 0.242 e. The maximum absolute atomic E-state index is 12.0. The summed E-state index contributed by atoms with van der Waals surface area (Å²) in [6.07, 6.45) is 1.57. The second kappa shape index (κ2) is 5.86. The quantitative estimate of drug-likeness (QED) is 0.825. The molecule has 1 aromatic heterocycles. The van der Waals surface area contributed by atoms with Crippen LogP contribution in [0, 0.1) is 5.92 Å². The zero-order valence-electron chi connectivity index (χ0n) is 11.3. The predicted molar refractivity (Wildman–Crippen MR) is 70.8 cm³/mol. The van der Waals surface area contributed by atoms with Gasteiger partial charge >= 0.3 is 0 Å². The van der Waals surface area contributed by atoms with E-state index in [0.717, 1.165) is 0 Å². The van der Waals surface area contributed by atoms with Gasteiger partial charge in [-0.25, -0.2) is 13.1 Å². The fraction of sp³-hybridized carbons (Fsp3) is 0.667. The summed E-state index contributed by atoms with van der Waals surface area (Å²) in [6.45, 7) is 8.01. The zero-order chi connectivity index (χ0) is 13.9. The van der Waals surface area contributed by atoms with Crippen molar-refractivity contribution in [2.24, 2.45) is 5.92 Å². The number of rotatable bonds is 6. The lowest BCUT2D eigenvalue weighted by atomic mass is 10.2. The minimum absolute atomic E-state index is 0.112. The van der Waals surface area contributed by atoms with Crippen LogP contribution in [0.5, 0.6) is 0 Å². The molecule has 0 saturated heterocycles. The van der Waals surface area contributed by atoms with Crippen LogP contribution in [0.2, 0.25) is 0 Å². The third-order valence-electron chi connectivity index (χ3n) is 2.62. The summed E-state index contributed by atoms with van der Waals surface area (Å²) >= 11 is 0. The van der Waals surface area contributed by atoms with E-state index in [1.54, 1.807) is 10.8 Å². The van der Waals surface area contributed by atoms with Crippen LogP contribution in [0.25, 0.3) is 0 Å². The standard InChI is InChI=1S/C12H22N2O3S/c1-9(2)6-13-18(16,17)12-5-11(8-15)14(7-12)10(3)4/h5,7,9-10,13,15H,6,8H2,1-4H3. The number of aromatic nitrogens is 1. The van der Waals surface area contributed by atoms with Crippen molar-refractivity contribution in [2.75, 3.05) is 6.54 Å².